The first-order valence-electron chi connectivity index (χ1n) is 17.2. The molecule has 0 saturated heterocycles. The highest BCUT2D eigenvalue weighted by molar-refractivity contribution is 6.27. The predicted molar refractivity (Wildman–Crippen MR) is 204 cm³/mol. The van der Waals surface area contributed by atoms with Crippen molar-refractivity contribution in [3.05, 3.63) is 119 Å². The topological polar surface area (TPSA) is 0 Å². The molecule has 232 valence electrons. The Balaban J connectivity index is 1.41. The van der Waals surface area contributed by atoms with E-state index in [-0.39, 0.29) is 10.8 Å². The van der Waals surface area contributed by atoms with Gasteiger partial charge in [0.05, 0.1) is 0 Å². The van der Waals surface area contributed by atoms with Gasteiger partial charge in [-0.3, -0.25) is 0 Å². The molecule has 7 aromatic rings. The van der Waals surface area contributed by atoms with Gasteiger partial charge in [-0.1, -0.05) is 148 Å². The molecule has 0 amide bonds. The highest BCUT2D eigenvalue weighted by Crippen LogP contribution is 2.45. The van der Waals surface area contributed by atoms with Gasteiger partial charge in [-0.05, 0) is 128 Å². The van der Waals surface area contributed by atoms with Crippen LogP contribution in [0.5, 0.6) is 0 Å². The fourth-order valence-electron chi connectivity index (χ4n) is 7.42. The van der Waals surface area contributed by atoms with E-state index in [9.17, 15) is 0 Å². The molecule has 0 aliphatic heterocycles. The van der Waals surface area contributed by atoms with Gasteiger partial charge in [0.1, 0.15) is 0 Å². The van der Waals surface area contributed by atoms with Gasteiger partial charge in [-0.25, -0.2) is 0 Å². The lowest BCUT2D eigenvalue weighted by Crippen LogP contribution is -2.16. The Kier molecular flexibility index (Phi) is 7.09. The number of hydrogen-bond acceptors (Lipinski definition) is 0. The Morgan fingerprint density at radius 2 is 0.891 bits per heavy atom. The smallest absolute Gasteiger partial charge is 0.00176 e. The molecule has 0 nitrogen and oxygen atoms in total. The van der Waals surface area contributed by atoms with Gasteiger partial charge in [0.15, 0.2) is 0 Å². The van der Waals surface area contributed by atoms with Gasteiger partial charge in [0.2, 0.25) is 0 Å². The predicted octanol–water partition coefficient (Wildman–Crippen LogP) is 13.9. The van der Waals surface area contributed by atoms with Crippen molar-refractivity contribution in [2.24, 2.45) is 0 Å². The third-order valence-electron chi connectivity index (χ3n) is 10.2. The van der Waals surface area contributed by atoms with Crippen molar-refractivity contribution in [2.75, 3.05) is 0 Å². The fourth-order valence-corrected chi connectivity index (χ4v) is 7.42. The monoisotopic (exact) mass is 600 g/mol. The van der Waals surface area contributed by atoms with Crippen LogP contribution in [0.15, 0.2) is 97.1 Å². The fraction of sp³-hybridized carbons (Fsp3) is 0.304. The summed E-state index contributed by atoms with van der Waals surface area (Å²) in [5.74, 6) is 0.910. The van der Waals surface area contributed by atoms with Crippen molar-refractivity contribution < 1.29 is 0 Å². The molecule has 0 N–H and O–H groups in total. The lowest BCUT2D eigenvalue weighted by atomic mass is 9.79. The Hall–Kier alpha value is -4.16. The molecule has 46 heavy (non-hydrogen) atoms. The number of rotatable bonds is 4. The molecular formula is C46H48. The quantitative estimate of drug-likeness (QED) is 0.176. The van der Waals surface area contributed by atoms with Gasteiger partial charge in [0.25, 0.3) is 0 Å². The Bertz CT molecular complexity index is 2230. The lowest BCUT2D eigenvalue weighted by molar-refractivity contribution is 0.569. The Morgan fingerprint density at radius 1 is 0.391 bits per heavy atom. The van der Waals surface area contributed by atoms with Crippen molar-refractivity contribution in [3.63, 3.8) is 0 Å². The second-order valence-corrected chi connectivity index (χ2v) is 16.3. The number of benzene rings is 7. The van der Waals surface area contributed by atoms with Crippen LogP contribution in [0, 0.1) is 0 Å². The highest BCUT2D eigenvalue weighted by atomic mass is 14.3. The summed E-state index contributed by atoms with van der Waals surface area (Å²) in [6.45, 7) is 23.2. The summed E-state index contributed by atoms with van der Waals surface area (Å²) in [5, 5.41) is 10.9. The van der Waals surface area contributed by atoms with Crippen LogP contribution in [0.4, 0.5) is 0 Å². The minimum atomic E-state index is 0.0909. The third kappa shape index (κ3) is 5.07. The van der Waals surface area contributed by atoms with Crippen LogP contribution in [0.1, 0.15) is 103 Å². The van der Waals surface area contributed by atoms with Crippen LogP contribution >= 0.6 is 0 Å². The molecular weight excluding hydrogens is 553 g/mol. The van der Waals surface area contributed by atoms with E-state index >= 15 is 0 Å². The van der Waals surface area contributed by atoms with Crippen LogP contribution in [-0.2, 0) is 10.8 Å². The second-order valence-electron chi connectivity index (χ2n) is 16.3. The van der Waals surface area contributed by atoms with Crippen molar-refractivity contribution >= 4 is 43.1 Å². The Labute approximate surface area is 275 Å². The molecule has 7 rings (SSSR count). The van der Waals surface area contributed by atoms with E-state index in [2.05, 4.69) is 166 Å². The lowest BCUT2D eigenvalue weighted by Gasteiger charge is -2.26. The van der Waals surface area contributed by atoms with Gasteiger partial charge >= 0.3 is 0 Å². The first-order valence-corrected chi connectivity index (χ1v) is 17.2. The molecule has 7 aromatic carbocycles. The number of hydrogen-bond donors (Lipinski definition) is 0. The third-order valence-corrected chi connectivity index (χ3v) is 10.2. The SMILES string of the molecule is CC(C)c1ccc2ccc3c(C(C)C)cc(-c4ccc5cc(-c6cc(C(C)(C)C)cc(C(C)(C)C)c6)ccc5c4)c4ccc1c2c43. The number of fused-ring (bicyclic) bond motifs is 1. The maximum Gasteiger partial charge on any atom is -0.00176 e. The van der Waals surface area contributed by atoms with Crippen molar-refractivity contribution in [1.29, 1.82) is 0 Å². The van der Waals surface area contributed by atoms with Crippen LogP contribution in [0.25, 0.3) is 65.3 Å². The first kappa shape index (κ1) is 30.5. The first-order chi connectivity index (χ1) is 21.7. The molecule has 0 bridgehead atoms. The average Bonchev–Trinajstić information content (AvgIpc) is 3.01. The molecule has 0 atom stereocenters. The molecule has 0 unspecified atom stereocenters. The minimum absolute atomic E-state index is 0.0909. The van der Waals surface area contributed by atoms with Gasteiger partial charge < -0.3 is 0 Å². The van der Waals surface area contributed by atoms with Crippen molar-refractivity contribution in [2.45, 2.75) is 91.9 Å². The average molecular weight is 601 g/mol. The van der Waals surface area contributed by atoms with E-state index in [0.717, 1.165) is 0 Å². The second kappa shape index (κ2) is 10.7. The summed E-state index contributed by atoms with van der Waals surface area (Å²) < 4.78 is 0. The maximum atomic E-state index is 2.47. The molecule has 0 spiro atoms. The van der Waals surface area contributed by atoms with Crippen LogP contribution in [-0.4, -0.2) is 0 Å². The largest absolute Gasteiger partial charge is 0.0587 e. The van der Waals surface area contributed by atoms with E-state index in [1.165, 1.54) is 87.6 Å². The molecule has 0 aliphatic rings. The summed E-state index contributed by atoms with van der Waals surface area (Å²) in [6, 6.07) is 37.9. The summed E-state index contributed by atoms with van der Waals surface area (Å²) >= 11 is 0. The van der Waals surface area contributed by atoms with Gasteiger partial charge in [-0.15, -0.1) is 0 Å². The van der Waals surface area contributed by atoms with E-state index in [1.807, 2.05) is 0 Å². The van der Waals surface area contributed by atoms with Crippen LogP contribution < -0.4 is 0 Å². The zero-order valence-electron chi connectivity index (χ0n) is 29.4. The summed E-state index contributed by atoms with van der Waals surface area (Å²) in [4.78, 5) is 0. The zero-order valence-corrected chi connectivity index (χ0v) is 29.4. The van der Waals surface area contributed by atoms with E-state index < -0.39 is 0 Å². The zero-order chi connectivity index (χ0) is 32.7. The van der Waals surface area contributed by atoms with Crippen LogP contribution in [0.3, 0.4) is 0 Å². The summed E-state index contributed by atoms with van der Waals surface area (Å²) in [7, 11) is 0. The highest BCUT2D eigenvalue weighted by Gasteiger charge is 2.22. The molecule has 0 fully saturated rings. The molecule has 0 heteroatoms. The van der Waals surface area contributed by atoms with Crippen LogP contribution in [0.2, 0.25) is 0 Å². The van der Waals surface area contributed by atoms with Crippen molar-refractivity contribution in [1.82, 2.24) is 0 Å². The standard InChI is InChI=1S/C46H48/c1-27(2)37-17-15-29-16-18-39-41(28(3)4)26-42(40-20-19-38(37)43(29)44(39)40)33-14-13-30-21-32(12-11-31(30)22-33)34-23-35(45(5,6)7)25-36(24-34)46(8,9)10/h11-28H,1-10H3. The maximum absolute atomic E-state index is 2.47. The van der Waals surface area contributed by atoms with Gasteiger partial charge in [0, 0.05) is 0 Å². The van der Waals surface area contributed by atoms with Crippen molar-refractivity contribution in [3.8, 4) is 22.3 Å². The molecule has 0 aromatic heterocycles. The summed E-state index contributed by atoms with van der Waals surface area (Å²) in [5.41, 5.74) is 11.0. The van der Waals surface area contributed by atoms with E-state index in [1.54, 1.807) is 0 Å². The Morgan fingerprint density at radius 3 is 1.50 bits per heavy atom. The molecule has 0 saturated carbocycles. The van der Waals surface area contributed by atoms with E-state index in [4.69, 9.17) is 0 Å². The normalized spacial score (nSPS) is 13.0. The molecule has 0 radical (unpaired) electrons. The van der Waals surface area contributed by atoms with Gasteiger partial charge in [-0.2, -0.15) is 0 Å². The molecule has 0 heterocycles. The minimum Gasteiger partial charge on any atom is -0.0587 e. The summed E-state index contributed by atoms with van der Waals surface area (Å²) in [6.07, 6.45) is 0. The van der Waals surface area contributed by atoms with E-state index in [0.29, 0.717) is 11.8 Å². The molecule has 0 aliphatic carbocycles.